The molecule has 5 heteroatoms. The fraction of sp³-hybridized carbons (Fsp3) is 0.850. The van der Waals surface area contributed by atoms with Crippen LogP contribution in [0.3, 0.4) is 0 Å². The van der Waals surface area contributed by atoms with Gasteiger partial charge in [-0.05, 0) is 42.6 Å². The largest absolute Gasteiger partial charge is 0.387 e. The van der Waals surface area contributed by atoms with Gasteiger partial charge in [0, 0.05) is 17.3 Å². The minimum atomic E-state index is -1.85. The van der Waals surface area contributed by atoms with E-state index in [1.807, 2.05) is 0 Å². The van der Waals surface area contributed by atoms with Gasteiger partial charge in [-0.15, -0.1) is 0 Å². The Morgan fingerprint density at radius 3 is 2.76 bits per heavy atom. The Labute approximate surface area is 147 Å². The van der Waals surface area contributed by atoms with Crippen molar-refractivity contribution in [2.24, 2.45) is 34.0 Å². The third kappa shape index (κ3) is 1.18. The number of carbonyl (C=O) groups is 1. The molecule has 9 atom stereocenters. The van der Waals surface area contributed by atoms with Crippen molar-refractivity contribution in [1.82, 2.24) is 0 Å². The number of carbonyl (C=O) groups excluding carboxylic acids is 1. The van der Waals surface area contributed by atoms with Crippen LogP contribution in [0.4, 0.5) is 0 Å². The highest BCUT2D eigenvalue weighted by atomic mass is 16.8. The number of rotatable bonds is 0. The van der Waals surface area contributed by atoms with Gasteiger partial charge in [-0.2, -0.15) is 0 Å². The van der Waals surface area contributed by atoms with E-state index < -0.39 is 23.6 Å². The molecule has 4 aliphatic carbocycles. The van der Waals surface area contributed by atoms with Gasteiger partial charge in [0.05, 0.1) is 6.10 Å². The smallest absolute Gasteiger partial charge is 0.211 e. The number of aliphatic hydroxyl groups excluding tert-OH is 1. The molecule has 0 radical (unpaired) electrons. The van der Waals surface area contributed by atoms with Crippen LogP contribution < -0.4 is 0 Å². The van der Waals surface area contributed by atoms with E-state index in [0.717, 1.165) is 32.1 Å². The number of Topliss-reactive ketones (excluding diaryl/α,β-unsaturated/α-hetero) is 1. The fourth-order valence-electron chi connectivity index (χ4n) is 8.46. The van der Waals surface area contributed by atoms with Crippen molar-refractivity contribution in [3.05, 3.63) is 12.2 Å². The summed E-state index contributed by atoms with van der Waals surface area (Å²) >= 11 is 0. The lowest BCUT2D eigenvalue weighted by atomic mass is 9.34. The molecule has 4 saturated heterocycles. The molecular formula is C20H26O5. The van der Waals surface area contributed by atoms with Crippen molar-refractivity contribution < 1.29 is 24.5 Å². The second-order valence-electron chi connectivity index (χ2n) is 10.0. The van der Waals surface area contributed by atoms with Gasteiger partial charge in [-0.3, -0.25) is 4.79 Å². The molecule has 0 aromatic carbocycles. The lowest BCUT2D eigenvalue weighted by Crippen LogP contribution is -2.89. The second kappa shape index (κ2) is 3.91. The zero-order valence-corrected chi connectivity index (χ0v) is 14.8. The summed E-state index contributed by atoms with van der Waals surface area (Å²) in [6.45, 7) is 8.39. The Balaban J connectivity index is 1.68. The molecule has 0 aromatic heterocycles. The molecule has 8 rings (SSSR count). The summed E-state index contributed by atoms with van der Waals surface area (Å²) in [6, 6.07) is 0. The molecule has 2 N–H and O–H groups in total. The number of ketones is 1. The van der Waals surface area contributed by atoms with Gasteiger partial charge in [-0.1, -0.05) is 26.8 Å². The first-order chi connectivity index (χ1) is 11.7. The summed E-state index contributed by atoms with van der Waals surface area (Å²) in [5.74, 6) is -2.11. The summed E-state index contributed by atoms with van der Waals surface area (Å²) in [5, 5.41) is 23.1. The monoisotopic (exact) mass is 346 g/mol. The Kier molecular flexibility index (Phi) is 2.40. The standard InChI is InChI=1S/C20H26O5/c1-9-10-5-6-11-18-8-4-7-17(2,3)12(18)14(22)20(23)19(11,13(9)21)15(10)24-16(18)25-20/h10-12,14-16,22-23H,1,4-8H2,2-3H3/t10-,11?,12+,14-,15-,16?,18+,19-,20-/m0/s1. The molecule has 25 heavy (non-hydrogen) atoms. The van der Waals surface area contributed by atoms with E-state index in [0.29, 0.717) is 5.57 Å². The molecule has 8 fully saturated rings. The van der Waals surface area contributed by atoms with Crippen LogP contribution in [0, 0.1) is 34.0 Å². The van der Waals surface area contributed by atoms with E-state index in [4.69, 9.17) is 9.47 Å². The van der Waals surface area contributed by atoms with Crippen LogP contribution in [0.5, 0.6) is 0 Å². The molecule has 136 valence electrons. The van der Waals surface area contributed by atoms with Gasteiger partial charge in [0.2, 0.25) is 5.79 Å². The van der Waals surface area contributed by atoms with Crippen LogP contribution in [0.15, 0.2) is 12.2 Å². The molecule has 0 amide bonds. The lowest BCUT2D eigenvalue weighted by molar-refractivity contribution is -0.549. The van der Waals surface area contributed by atoms with E-state index >= 15 is 0 Å². The number of aliphatic hydroxyl groups is 2. The Morgan fingerprint density at radius 1 is 1.24 bits per heavy atom. The fourth-order valence-corrected chi connectivity index (χ4v) is 8.46. The highest BCUT2D eigenvalue weighted by Gasteiger charge is 2.91. The average molecular weight is 346 g/mol. The van der Waals surface area contributed by atoms with E-state index in [-0.39, 0.29) is 40.5 Å². The minimum Gasteiger partial charge on any atom is -0.387 e. The van der Waals surface area contributed by atoms with Crippen molar-refractivity contribution in [3.8, 4) is 0 Å². The van der Waals surface area contributed by atoms with Gasteiger partial charge < -0.3 is 19.7 Å². The maximum Gasteiger partial charge on any atom is 0.211 e. The molecule has 0 aromatic rings. The van der Waals surface area contributed by atoms with Crippen LogP contribution in [-0.2, 0) is 14.3 Å². The lowest BCUT2D eigenvalue weighted by Gasteiger charge is -2.79. The molecule has 4 saturated carbocycles. The average Bonchev–Trinajstić information content (AvgIpc) is 2.68. The van der Waals surface area contributed by atoms with Crippen molar-refractivity contribution >= 4 is 5.78 Å². The Hall–Kier alpha value is -0.750. The van der Waals surface area contributed by atoms with Crippen LogP contribution in [0.2, 0.25) is 0 Å². The van der Waals surface area contributed by atoms with Crippen LogP contribution in [0.1, 0.15) is 46.0 Å². The molecule has 2 spiro atoms. The highest BCUT2D eigenvalue weighted by Crippen LogP contribution is 2.81. The minimum absolute atomic E-state index is 0.0125. The third-order valence-corrected chi connectivity index (χ3v) is 9.05. The van der Waals surface area contributed by atoms with Gasteiger partial charge in [0.25, 0.3) is 0 Å². The Bertz CT molecular complexity index is 730. The molecule has 8 aliphatic rings. The maximum atomic E-state index is 13.4. The summed E-state index contributed by atoms with van der Waals surface area (Å²) in [5.41, 5.74) is -1.10. The topological polar surface area (TPSA) is 76.0 Å². The van der Waals surface area contributed by atoms with Crippen LogP contribution in [-0.4, -0.2) is 40.3 Å². The molecule has 5 nitrogen and oxygen atoms in total. The second-order valence-corrected chi connectivity index (χ2v) is 10.0. The summed E-state index contributed by atoms with van der Waals surface area (Å²) in [7, 11) is 0. The highest BCUT2D eigenvalue weighted by molar-refractivity contribution is 6.05. The van der Waals surface area contributed by atoms with Crippen molar-refractivity contribution in [2.75, 3.05) is 0 Å². The molecule has 2 unspecified atom stereocenters. The summed E-state index contributed by atoms with van der Waals surface area (Å²) < 4.78 is 12.4. The summed E-state index contributed by atoms with van der Waals surface area (Å²) in [6.07, 6.45) is 2.73. The predicted molar refractivity (Wildman–Crippen MR) is 87.1 cm³/mol. The molecule has 7 bridgehead atoms. The van der Waals surface area contributed by atoms with E-state index in [1.165, 1.54) is 0 Å². The van der Waals surface area contributed by atoms with Gasteiger partial charge in [-0.25, -0.2) is 0 Å². The Morgan fingerprint density at radius 2 is 2.00 bits per heavy atom. The van der Waals surface area contributed by atoms with Gasteiger partial charge in [0.1, 0.15) is 11.5 Å². The number of hydrogen-bond donors (Lipinski definition) is 2. The zero-order chi connectivity index (χ0) is 17.6. The van der Waals surface area contributed by atoms with Crippen molar-refractivity contribution in [1.29, 1.82) is 0 Å². The predicted octanol–water partition coefficient (Wildman–Crippen LogP) is 1.77. The van der Waals surface area contributed by atoms with Crippen molar-refractivity contribution in [2.45, 2.75) is 70.2 Å². The van der Waals surface area contributed by atoms with Gasteiger partial charge >= 0.3 is 0 Å². The molecule has 4 aliphatic heterocycles. The first kappa shape index (κ1) is 15.3. The quantitative estimate of drug-likeness (QED) is 0.654. The molecule has 4 heterocycles. The third-order valence-electron chi connectivity index (χ3n) is 9.05. The van der Waals surface area contributed by atoms with Gasteiger partial charge in [0.15, 0.2) is 12.1 Å². The van der Waals surface area contributed by atoms with E-state index in [1.54, 1.807) is 0 Å². The van der Waals surface area contributed by atoms with Crippen molar-refractivity contribution in [3.63, 3.8) is 0 Å². The maximum absolute atomic E-state index is 13.4. The number of hydrogen-bond acceptors (Lipinski definition) is 5. The first-order valence-electron chi connectivity index (χ1n) is 9.70. The zero-order valence-electron chi connectivity index (χ0n) is 14.8. The van der Waals surface area contributed by atoms with Crippen LogP contribution in [0.25, 0.3) is 0 Å². The normalized spacial score (nSPS) is 63.0. The van der Waals surface area contributed by atoms with E-state index in [2.05, 4.69) is 20.4 Å². The number of ether oxygens (including phenoxy) is 2. The van der Waals surface area contributed by atoms with E-state index in [9.17, 15) is 15.0 Å². The molecular weight excluding hydrogens is 320 g/mol. The first-order valence-corrected chi connectivity index (χ1v) is 9.70. The summed E-state index contributed by atoms with van der Waals surface area (Å²) in [4.78, 5) is 13.4. The SMILES string of the molecule is C=C1C(=O)[C@@]23C4CC[C@@H]1[C@@H]2OC1O[C@@]3(O)[C@@H](O)[C@@H]2C(C)(C)CCC[C@@]142. The van der Waals surface area contributed by atoms with Crippen LogP contribution >= 0.6 is 0 Å².